The monoisotopic (exact) mass is 352 g/mol. The fraction of sp³-hybridized carbons (Fsp3) is 0.450. The van der Waals surface area contributed by atoms with E-state index in [1.807, 2.05) is 17.0 Å². The molecule has 1 atom stereocenters. The third-order valence-electron chi connectivity index (χ3n) is 5.39. The van der Waals surface area contributed by atoms with Crippen molar-refractivity contribution in [1.29, 1.82) is 0 Å². The number of carbonyl (C=O) groups is 1. The van der Waals surface area contributed by atoms with Crippen molar-refractivity contribution in [2.24, 2.45) is 0 Å². The number of hydrogen-bond donors (Lipinski definition) is 2. The second kappa shape index (κ2) is 7.03. The fourth-order valence-electron chi connectivity index (χ4n) is 3.87. The molecule has 1 aliphatic carbocycles. The van der Waals surface area contributed by atoms with Gasteiger partial charge in [0.25, 0.3) is 5.91 Å². The summed E-state index contributed by atoms with van der Waals surface area (Å²) in [6.45, 7) is 1.37. The lowest BCUT2D eigenvalue weighted by atomic mass is 9.90. The number of rotatable bonds is 4. The van der Waals surface area contributed by atoms with Crippen LogP contribution in [0.1, 0.15) is 40.7 Å². The van der Waals surface area contributed by atoms with E-state index >= 15 is 0 Å². The number of aromatic nitrogens is 2. The number of β-amino-alcohol motifs (C(OH)–C–C–N with tert-alkyl or cyclic N) is 1. The number of aliphatic hydroxyl groups is 1. The summed E-state index contributed by atoms with van der Waals surface area (Å²) in [7, 11) is 0. The van der Waals surface area contributed by atoms with Crippen LogP contribution < -0.4 is 10.2 Å². The Morgan fingerprint density at radius 2 is 2.08 bits per heavy atom. The molecule has 4 rings (SSSR count). The largest absolute Gasteiger partial charge is 0.386 e. The van der Waals surface area contributed by atoms with Crippen molar-refractivity contribution < 1.29 is 9.90 Å². The Labute approximate surface area is 153 Å². The SMILES string of the molecule is O=C(NC[C@@]1(O)CCN(c2cnccn2)C1)c1ccc2c(c1)CCCC2. The van der Waals surface area contributed by atoms with Crippen LogP contribution in [0.15, 0.2) is 36.8 Å². The number of amides is 1. The molecule has 1 aromatic carbocycles. The van der Waals surface area contributed by atoms with Crippen LogP contribution in [0.5, 0.6) is 0 Å². The normalized spacial score (nSPS) is 22.1. The number of anilines is 1. The molecule has 2 heterocycles. The predicted molar refractivity (Wildman–Crippen MR) is 99.2 cm³/mol. The molecule has 0 unspecified atom stereocenters. The lowest BCUT2D eigenvalue weighted by Gasteiger charge is -2.24. The third-order valence-corrected chi connectivity index (χ3v) is 5.39. The molecular formula is C20H24N4O2. The van der Waals surface area contributed by atoms with Crippen LogP contribution in [0.3, 0.4) is 0 Å². The van der Waals surface area contributed by atoms with E-state index in [-0.39, 0.29) is 12.5 Å². The molecule has 6 heteroatoms. The van der Waals surface area contributed by atoms with Gasteiger partial charge in [0.2, 0.25) is 0 Å². The van der Waals surface area contributed by atoms with Gasteiger partial charge in [-0.25, -0.2) is 4.98 Å². The summed E-state index contributed by atoms with van der Waals surface area (Å²) in [6, 6.07) is 5.97. The molecule has 1 fully saturated rings. The van der Waals surface area contributed by atoms with E-state index in [2.05, 4.69) is 21.4 Å². The first-order valence-corrected chi connectivity index (χ1v) is 9.26. The molecule has 26 heavy (non-hydrogen) atoms. The summed E-state index contributed by atoms with van der Waals surface area (Å²) in [5.41, 5.74) is 2.39. The molecular weight excluding hydrogens is 328 g/mol. The Kier molecular flexibility index (Phi) is 4.59. The number of benzene rings is 1. The van der Waals surface area contributed by atoms with E-state index in [1.165, 1.54) is 24.0 Å². The van der Waals surface area contributed by atoms with Crippen LogP contribution in [0.4, 0.5) is 5.82 Å². The molecule has 1 amide bonds. The number of aryl methyl sites for hydroxylation is 2. The first kappa shape index (κ1) is 17.0. The van der Waals surface area contributed by atoms with Crippen LogP contribution in [-0.2, 0) is 12.8 Å². The van der Waals surface area contributed by atoms with E-state index in [4.69, 9.17) is 0 Å². The Bertz CT molecular complexity index is 796. The molecule has 6 nitrogen and oxygen atoms in total. The summed E-state index contributed by atoms with van der Waals surface area (Å²) in [4.78, 5) is 22.9. The molecule has 2 N–H and O–H groups in total. The van der Waals surface area contributed by atoms with Gasteiger partial charge >= 0.3 is 0 Å². The molecule has 1 saturated heterocycles. The smallest absolute Gasteiger partial charge is 0.251 e. The van der Waals surface area contributed by atoms with Crippen molar-refractivity contribution in [3.63, 3.8) is 0 Å². The highest BCUT2D eigenvalue weighted by atomic mass is 16.3. The van der Waals surface area contributed by atoms with E-state index < -0.39 is 5.60 Å². The van der Waals surface area contributed by atoms with Gasteiger partial charge in [0.05, 0.1) is 6.20 Å². The van der Waals surface area contributed by atoms with Crippen LogP contribution in [0, 0.1) is 0 Å². The zero-order valence-corrected chi connectivity index (χ0v) is 14.8. The molecule has 1 aliphatic heterocycles. The van der Waals surface area contributed by atoms with E-state index in [9.17, 15) is 9.90 Å². The van der Waals surface area contributed by atoms with Crippen molar-refractivity contribution in [3.8, 4) is 0 Å². The molecule has 0 radical (unpaired) electrons. The van der Waals surface area contributed by atoms with Gasteiger partial charge in [-0.15, -0.1) is 0 Å². The first-order valence-electron chi connectivity index (χ1n) is 9.26. The van der Waals surface area contributed by atoms with Gasteiger partial charge in [-0.1, -0.05) is 6.07 Å². The van der Waals surface area contributed by atoms with Gasteiger partial charge in [0.15, 0.2) is 0 Å². The quantitative estimate of drug-likeness (QED) is 0.876. The number of hydrogen-bond acceptors (Lipinski definition) is 5. The Balaban J connectivity index is 1.37. The molecule has 2 aliphatic rings. The number of nitrogens with zero attached hydrogens (tertiary/aromatic N) is 3. The van der Waals surface area contributed by atoms with E-state index in [1.54, 1.807) is 18.6 Å². The van der Waals surface area contributed by atoms with Crippen LogP contribution in [0.25, 0.3) is 0 Å². The summed E-state index contributed by atoms with van der Waals surface area (Å²) >= 11 is 0. The van der Waals surface area contributed by atoms with Crippen molar-refractivity contribution in [2.45, 2.75) is 37.7 Å². The summed E-state index contributed by atoms with van der Waals surface area (Å²) < 4.78 is 0. The van der Waals surface area contributed by atoms with Gasteiger partial charge in [0, 0.05) is 37.6 Å². The molecule has 0 bridgehead atoms. The van der Waals surface area contributed by atoms with Crippen LogP contribution in [-0.4, -0.2) is 46.2 Å². The average Bonchev–Trinajstić information content (AvgIpc) is 3.09. The maximum Gasteiger partial charge on any atom is 0.251 e. The van der Waals surface area contributed by atoms with Gasteiger partial charge in [0.1, 0.15) is 11.4 Å². The van der Waals surface area contributed by atoms with Crippen molar-refractivity contribution >= 4 is 11.7 Å². The zero-order valence-electron chi connectivity index (χ0n) is 14.8. The Morgan fingerprint density at radius 3 is 2.88 bits per heavy atom. The Hall–Kier alpha value is -2.47. The topological polar surface area (TPSA) is 78.4 Å². The van der Waals surface area contributed by atoms with Crippen molar-refractivity contribution in [2.75, 3.05) is 24.5 Å². The first-order chi connectivity index (χ1) is 12.6. The highest BCUT2D eigenvalue weighted by molar-refractivity contribution is 5.94. The van der Waals surface area contributed by atoms with Crippen molar-refractivity contribution in [1.82, 2.24) is 15.3 Å². The third kappa shape index (κ3) is 3.55. The lowest BCUT2D eigenvalue weighted by Crippen LogP contribution is -2.45. The second-order valence-electron chi connectivity index (χ2n) is 7.33. The standard InChI is InChI=1S/C20H24N4O2/c25-19(17-6-5-15-3-1-2-4-16(15)11-17)23-13-20(26)7-10-24(14-20)18-12-21-8-9-22-18/h5-6,8-9,11-12,26H,1-4,7,10,13-14H2,(H,23,25)/t20-/m0/s1. The van der Waals surface area contributed by atoms with Gasteiger partial charge in [-0.2, -0.15) is 0 Å². The number of nitrogens with one attached hydrogen (secondary N) is 1. The van der Waals surface area contributed by atoms with Gasteiger partial charge in [-0.05, 0) is 55.4 Å². The molecule has 0 spiro atoms. The van der Waals surface area contributed by atoms with Crippen molar-refractivity contribution in [3.05, 3.63) is 53.5 Å². The van der Waals surface area contributed by atoms with Crippen LogP contribution in [0.2, 0.25) is 0 Å². The minimum absolute atomic E-state index is 0.121. The Morgan fingerprint density at radius 1 is 1.23 bits per heavy atom. The average molecular weight is 352 g/mol. The predicted octanol–water partition coefficient (Wildman–Crippen LogP) is 1.73. The zero-order chi connectivity index (χ0) is 18.0. The molecule has 1 aromatic heterocycles. The highest BCUT2D eigenvalue weighted by Gasteiger charge is 2.37. The van der Waals surface area contributed by atoms with Gasteiger partial charge in [-0.3, -0.25) is 9.78 Å². The summed E-state index contributed by atoms with van der Waals surface area (Å²) in [5, 5.41) is 13.7. The minimum Gasteiger partial charge on any atom is -0.386 e. The second-order valence-corrected chi connectivity index (χ2v) is 7.33. The molecule has 2 aromatic rings. The lowest BCUT2D eigenvalue weighted by molar-refractivity contribution is 0.0575. The summed E-state index contributed by atoms with van der Waals surface area (Å²) in [5.74, 6) is 0.634. The fourth-order valence-corrected chi connectivity index (χ4v) is 3.87. The highest BCUT2D eigenvalue weighted by Crippen LogP contribution is 2.25. The van der Waals surface area contributed by atoms with Gasteiger partial charge < -0.3 is 15.3 Å². The molecule has 0 saturated carbocycles. The maximum atomic E-state index is 12.5. The van der Waals surface area contributed by atoms with E-state index in [0.29, 0.717) is 25.1 Å². The summed E-state index contributed by atoms with van der Waals surface area (Å²) in [6.07, 6.45) is 10.1. The number of carbonyl (C=O) groups excluding carboxylic acids is 1. The maximum absolute atomic E-state index is 12.5. The van der Waals surface area contributed by atoms with Crippen LogP contribution >= 0.6 is 0 Å². The number of fused-ring (bicyclic) bond motifs is 1. The molecule has 136 valence electrons. The minimum atomic E-state index is -0.943. The van der Waals surface area contributed by atoms with E-state index in [0.717, 1.165) is 18.7 Å².